The van der Waals surface area contributed by atoms with E-state index in [1.807, 2.05) is 56.3 Å². The van der Waals surface area contributed by atoms with Gasteiger partial charge in [0.05, 0.1) is 10.5 Å². The molecule has 0 atom stereocenters. The van der Waals surface area contributed by atoms with Crippen LogP contribution in [0, 0.1) is 6.92 Å². The number of allylic oxidation sites excluding steroid dienone is 2. The first-order valence-electron chi connectivity index (χ1n) is 10.8. The van der Waals surface area contributed by atoms with Crippen LogP contribution in [0.1, 0.15) is 23.7 Å². The summed E-state index contributed by atoms with van der Waals surface area (Å²) in [6, 6.07) is 13.5. The number of aromatic amines is 1. The van der Waals surface area contributed by atoms with Gasteiger partial charge in [0.1, 0.15) is 0 Å². The van der Waals surface area contributed by atoms with Crippen molar-refractivity contribution in [3.63, 3.8) is 0 Å². The number of rotatable bonds is 7. The van der Waals surface area contributed by atoms with Gasteiger partial charge in [-0.1, -0.05) is 35.3 Å². The highest BCUT2D eigenvalue weighted by Crippen LogP contribution is 2.25. The number of hydrogen-bond acceptors (Lipinski definition) is 3. The first-order chi connectivity index (χ1) is 16.4. The topological polar surface area (TPSA) is 70.1 Å². The minimum Gasteiger partial charge on any atom is -0.358 e. The van der Waals surface area contributed by atoms with Crippen molar-refractivity contribution in [2.75, 3.05) is 0 Å². The fourth-order valence-electron chi connectivity index (χ4n) is 3.94. The minimum atomic E-state index is -0.186. The van der Waals surface area contributed by atoms with Crippen LogP contribution in [-0.4, -0.2) is 22.6 Å². The van der Waals surface area contributed by atoms with Crippen LogP contribution in [0.25, 0.3) is 21.8 Å². The van der Waals surface area contributed by atoms with E-state index >= 15 is 0 Å². The molecule has 4 rings (SSSR count). The maximum Gasteiger partial charge on any atom is 0.251 e. The quantitative estimate of drug-likeness (QED) is 0.171. The number of fused-ring (bicyclic) bond motifs is 2. The number of aromatic nitrogens is 2. The lowest BCUT2D eigenvalue weighted by Crippen LogP contribution is -2.24. The number of H-pyrrole nitrogens is 1. The van der Waals surface area contributed by atoms with Crippen LogP contribution in [0.15, 0.2) is 77.1 Å². The third kappa shape index (κ3) is 5.22. The molecule has 2 aromatic carbocycles. The molecule has 0 radical (unpaired) electrons. The number of aliphatic imine (C=N–C) groups is 1. The molecule has 4 aromatic rings. The summed E-state index contributed by atoms with van der Waals surface area (Å²) in [5, 5.41) is 6.21. The predicted octanol–water partition coefficient (Wildman–Crippen LogP) is 6.72. The van der Waals surface area contributed by atoms with Crippen molar-refractivity contribution in [2.45, 2.75) is 26.8 Å². The SMILES string of the molecule is C=N/C(=C\C(=C/C)C(=O)NCc1c(C)[nH]c2ccc(Cl)cc12)Cc1ccc2ncc(Cl)cc2c1. The van der Waals surface area contributed by atoms with E-state index in [9.17, 15) is 4.79 Å². The molecular formula is C27H24Cl2N4O. The number of halogens is 2. The molecule has 0 aliphatic heterocycles. The molecule has 2 N–H and O–H groups in total. The molecule has 2 aromatic heterocycles. The van der Waals surface area contributed by atoms with Gasteiger partial charge in [-0.2, -0.15) is 0 Å². The first-order valence-corrected chi connectivity index (χ1v) is 11.6. The van der Waals surface area contributed by atoms with Crippen LogP contribution < -0.4 is 5.32 Å². The van der Waals surface area contributed by atoms with Crippen LogP contribution >= 0.6 is 23.2 Å². The van der Waals surface area contributed by atoms with Crippen LogP contribution in [-0.2, 0) is 17.8 Å². The second kappa shape index (κ2) is 10.2. The van der Waals surface area contributed by atoms with Crippen molar-refractivity contribution in [1.82, 2.24) is 15.3 Å². The van der Waals surface area contributed by atoms with Gasteiger partial charge in [-0.25, -0.2) is 0 Å². The minimum absolute atomic E-state index is 0.186. The number of pyridine rings is 1. The van der Waals surface area contributed by atoms with Crippen molar-refractivity contribution in [3.8, 4) is 0 Å². The van der Waals surface area contributed by atoms with Gasteiger partial charge in [-0.3, -0.25) is 14.8 Å². The predicted molar refractivity (Wildman–Crippen MR) is 142 cm³/mol. The van der Waals surface area contributed by atoms with E-state index < -0.39 is 0 Å². The number of hydrogen-bond donors (Lipinski definition) is 2. The van der Waals surface area contributed by atoms with Gasteiger partial charge in [0, 0.05) is 57.4 Å². The first kappa shape index (κ1) is 23.7. The highest BCUT2D eigenvalue weighted by atomic mass is 35.5. The highest BCUT2D eigenvalue weighted by molar-refractivity contribution is 6.31. The summed E-state index contributed by atoms with van der Waals surface area (Å²) >= 11 is 12.3. The van der Waals surface area contributed by atoms with Gasteiger partial charge in [-0.15, -0.1) is 0 Å². The van der Waals surface area contributed by atoms with E-state index in [0.29, 0.717) is 34.3 Å². The van der Waals surface area contributed by atoms with E-state index in [1.165, 1.54) is 0 Å². The van der Waals surface area contributed by atoms with Gasteiger partial charge in [-0.05, 0) is 74.2 Å². The highest BCUT2D eigenvalue weighted by Gasteiger charge is 2.13. The van der Waals surface area contributed by atoms with E-state index in [1.54, 1.807) is 18.3 Å². The fourth-order valence-corrected chi connectivity index (χ4v) is 4.28. The smallest absolute Gasteiger partial charge is 0.251 e. The molecule has 172 valence electrons. The summed E-state index contributed by atoms with van der Waals surface area (Å²) in [5.41, 5.74) is 6.09. The average Bonchev–Trinajstić information content (AvgIpc) is 3.13. The molecule has 2 heterocycles. The second-order valence-corrected chi connectivity index (χ2v) is 8.87. The van der Waals surface area contributed by atoms with Crippen molar-refractivity contribution in [2.24, 2.45) is 4.99 Å². The van der Waals surface area contributed by atoms with Crippen LogP contribution in [0.3, 0.4) is 0 Å². The third-order valence-electron chi connectivity index (χ3n) is 5.70. The monoisotopic (exact) mass is 490 g/mol. The molecule has 34 heavy (non-hydrogen) atoms. The molecule has 0 spiro atoms. The molecule has 0 fully saturated rings. The second-order valence-electron chi connectivity index (χ2n) is 8.00. The maximum atomic E-state index is 13.0. The van der Waals surface area contributed by atoms with Gasteiger partial charge >= 0.3 is 0 Å². The van der Waals surface area contributed by atoms with Crippen LogP contribution in [0.2, 0.25) is 10.0 Å². The number of nitrogens with one attached hydrogen (secondary N) is 2. The van der Waals surface area contributed by atoms with Crippen molar-refractivity contribution in [1.29, 1.82) is 0 Å². The summed E-state index contributed by atoms with van der Waals surface area (Å²) in [5.74, 6) is -0.186. The average molecular weight is 491 g/mol. The Morgan fingerprint density at radius 3 is 2.76 bits per heavy atom. The molecule has 7 heteroatoms. The largest absolute Gasteiger partial charge is 0.358 e. The normalized spacial score (nSPS) is 12.4. The zero-order valence-electron chi connectivity index (χ0n) is 19.0. The lowest BCUT2D eigenvalue weighted by atomic mass is 10.0. The third-order valence-corrected chi connectivity index (χ3v) is 6.15. The van der Waals surface area contributed by atoms with Gasteiger partial charge in [0.25, 0.3) is 5.91 Å². The molecule has 0 bridgehead atoms. The molecule has 5 nitrogen and oxygen atoms in total. The van der Waals surface area contributed by atoms with Crippen molar-refractivity contribution in [3.05, 3.63) is 98.9 Å². The fraction of sp³-hybridized carbons (Fsp3) is 0.148. The Kier molecular flexibility index (Phi) is 7.15. The Morgan fingerprint density at radius 2 is 2.00 bits per heavy atom. The molecule has 0 unspecified atom stereocenters. The van der Waals surface area contributed by atoms with Crippen molar-refractivity contribution < 1.29 is 4.79 Å². The maximum absolute atomic E-state index is 13.0. The number of nitrogens with zero attached hydrogens (tertiary/aromatic N) is 2. The molecule has 0 saturated carbocycles. The van der Waals surface area contributed by atoms with Gasteiger partial charge in [0.2, 0.25) is 0 Å². The van der Waals surface area contributed by atoms with E-state index in [-0.39, 0.29) is 5.91 Å². The number of carbonyl (C=O) groups is 1. The number of carbonyl (C=O) groups excluding carboxylic acids is 1. The summed E-state index contributed by atoms with van der Waals surface area (Å²) < 4.78 is 0. The van der Waals surface area contributed by atoms with E-state index in [4.69, 9.17) is 23.2 Å². The number of benzene rings is 2. The molecule has 0 aliphatic carbocycles. The van der Waals surface area contributed by atoms with E-state index in [2.05, 4.69) is 27.0 Å². The zero-order chi connectivity index (χ0) is 24.2. The standard InChI is InChI=1S/C27H24Cl2N4O/c1-4-18(27(34)32-15-24-16(2)33-26-8-6-20(28)13-23(24)26)12-22(30-3)10-17-5-7-25-19(9-17)11-21(29)14-31-25/h4-9,11-14,33H,3,10,15H2,1-2H3,(H,32,34)/b18-4+,22-12-. The number of amides is 1. The zero-order valence-corrected chi connectivity index (χ0v) is 20.5. The van der Waals surface area contributed by atoms with Gasteiger partial charge < -0.3 is 10.3 Å². The summed E-state index contributed by atoms with van der Waals surface area (Å²) in [4.78, 5) is 24.8. The molecular weight excluding hydrogens is 467 g/mol. The molecule has 0 aliphatic rings. The lowest BCUT2D eigenvalue weighted by molar-refractivity contribution is -0.117. The van der Waals surface area contributed by atoms with Crippen molar-refractivity contribution >= 4 is 57.6 Å². The van der Waals surface area contributed by atoms with Crippen LogP contribution in [0.4, 0.5) is 0 Å². The molecule has 0 saturated heterocycles. The summed E-state index contributed by atoms with van der Waals surface area (Å²) in [6.07, 6.45) is 5.69. The Morgan fingerprint density at radius 1 is 1.18 bits per heavy atom. The van der Waals surface area contributed by atoms with Crippen LogP contribution in [0.5, 0.6) is 0 Å². The van der Waals surface area contributed by atoms with E-state index in [0.717, 1.165) is 38.6 Å². The molecule has 1 amide bonds. The summed E-state index contributed by atoms with van der Waals surface area (Å²) in [7, 11) is 0. The Balaban J connectivity index is 1.50. The Labute approximate surface area is 208 Å². The lowest BCUT2D eigenvalue weighted by Gasteiger charge is -2.09. The number of aryl methyl sites for hydroxylation is 1. The van der Waals surface area contributed by atoms with Gasteiger partial charge in [0.15, 0.2) is 0 Å². The Hall–Kier alpha value is -3.41. The Bertz CT molecular complexity index is 1470. The summed E-state index contributed by atoms with van der Waals surface area (Å²) in [6.45, 7) is 7.88.